The van der Waals surface area contributed by atoms with Crippen molar-refractivity contribution in [1.29, 1.82) is 0 Å². The summed E-state index contributed by atoms with van der Waals surface area (Å²) in [7, 11) is 0. The molecular weight excluding hydrogens is 280 g/mol. The molecule has 112 valence electrons. The quantitative estimate of drug-likeness (QED) is 0.626. The lowest BCUT2D eigenvalue weighted by molar-refractivity contribution is -0.384. The molecule has 0 fully saturated rings. The molecule has 0 bridgehead atoms. The molecule has 0 N–H and O–H groups in total. The molecule has 1 unspecified atom stereocenters. The van der Waals surface area contributed by atoms with Crippen LogP contribution in [0.5, 0.6) is 0 Å². The number of carbonyl (C=O) groups excluding carboxylic acids is 1. The maximum Gasteiger partial charge on any atom is 0.269 e. The first-order chi connectivity index (χ1) is 10.6. The van der Waals surface area contributed by atoms with E-state index in [2.05, 4.69) is 13.0 Å². The molecule has 1 atom stereocenters. The highest BCUT2D eigenvalue weighted by atomic mass is 16.6. The molecule has 5 nitrogen and oxygen atoms in total. The van der Waals surface area contributed by atoms with Crippen molar-refractivity contribution >= 4 is 17.3 Å². The topological polar surface area (TPSA) is 63.5 Å². The number of anilines is 1. The van der Waals surface area contributed by atoms with Crippen molar-refractivity contribution in [3.8, 4) is 0 Å². The smallest absolute Gasteiger partial charge is 0.269 e. The zero-order chi connectivity index (χ0) is 15.7. The maximum absolute atomic E-state index is 12.7. The summed E-state index contributed by atoms with van der Waals surface area (Å²) in [4.78, 5) is 24.7. The average molecular weight is 296 g/mol. The van der Waals surface area contributed by atoms with Gasteiger partial charge in [-0.05, 0) is 36.1 Å². The number of nitrogens with zero attached hydrogens (tertiary/aromatic N) is 2. The second kappa shape index (κ2) is 5.60. The predicted octanol–water partition coefficient (Wildman–Crippen LogP) is 3.75. The number of hydrogen-bond acceptors (Lipinski definition) is 3. The number of carbonyl (C=O) groups is 1. The maximum atomic E-state index is 12.7. The molecule has 5 heteroatoms. The minimum atomic E-state index is -0.466. The first-order valence-electron chi connectivity index (χ1n) is 7.23. The third-order valence-corrected chi connectivity index (χ3v) is 4.11. The van der Waals surface area contributed by atoms with Gasteiger partial charge in [0.25, 0.3) is 11.6 Å². The Morgan fingerprint density at radius 3 is 2.55 bits per heavy atom. The van der Waals surface area contributed by atoms with Crippen molar-refractivity contribution in [1.82, 2.24) is 0 Å². The summed E-state index contributed by atoms with van der Waals surface area (Å²) < 4.78 is 0. The molecule has 0 saturated carbocycles. The Kier molecular flexibility index (Phi) is 3.63. The second-order valence-electron chi connectivity index (χ2n) is 5.51. The minimum Gasteiger partial charge on any atom is -0.308 e. The number of amides is 1. The monoisotopic (exact) mass is 296 g/mol. The summed E-state index contributed by atoms with van der Waals surface area (Å²) in [5.41, 5.74) is 2.56. The van der Waals surface area contributed by atoms with E-state index in [0.717, 1.165) is 12.1 Å². The van der Waals surface area contributed by atoms with E-state index in [-0.39, 0.29) is 11.6 Å². The Morgan fingerprint density at radius 1 is 1.18 bits per heavy atom. The zero-order valence-corrected chi connectivity index (χ0v) is 12.2. The molecule has 0 radical (unpaired) electrons. The van der Waals surface area contributed by atoms with E-state index in [1.54, 1.807) is 4.90 Å². The lowest BCUT2D eigenvalue weighted by atomic mass is 9.91. The van der Waals surface area contributed by atoms with Gasteiger partial charge in [0, 0.05) is 29.9 Å². The molecule has 2 aromatic rings. The average Bonchev–Trinajstić information content (AvgIpc) is 2.55. The van der Waals surface area contributed by atoms with Gasteiger partial charge in [-0.3, -0.25) is 14.9 Å². The molecule has 1 amide bonds. The molecule has 0 spiro atoms. The van der Waals surface area contributed by atoms with E-state index in [4.69, 9.17) is 0 Å². The first kappa shape index (κ1) is 14.3. The van der Waals surface area contributed by atoms with E-state index >= 15 is 0 Å². The number of non-ortho nitro benzene ring substituents is 1. The summed E-state index contributed by atoms with van der Waals surface area (Å²) in [5.74, 6) is 0.311. The van der Waals surface area contributed by atoms with Crippen LogP contribution >= 0.6 is 0 Å². The summed E-state index contributed by atoms with van der Waals surface area (Å²) in [6, 6.07) is 13.7. The minimum absolute atomic E-state index is 0.00998. The number of fused-ring (bicyclic) bond motifs is 1. The molecule has 0 aliphatic carbocycles. The highest BCUT2D eigenvalue weighted by molar-refractivity contribution is 6.06. The molecule has 0 aromatic heterocycles. The van der Waals surface area contributed by atoms with Crippen LogP contribution in [0.15, 0.2) is 48.5 Å². The number of nitro groups is 1. The zero-order valence-electron chi connectivity index (χ0n) is 12.2. The Morgan fingerprint density at radius 2 is 1.86 bits per heavy atom. The highest BCUT2D eigenvalue weighted by Gasteiger charge is 2.26. The van der Waals surface area contributed by atoms with Crippen LogP contribution < -0.4 is 4.90 Å². The normalized spacial score (nSPS) is 17.0. The molecule has 1 aliphatic rings. The number of hydrogen-bond donors (Lipinski definition) is 0. The molecule has 3 rings (SSSR count). The molecule has 1 aliphatic heterocycles. The van der Waals surface area contributed by atoms with Gasteiger partial charge in [0.05, 0.1) is 4.92 Å². The summed E-state index contributed by atoms with van der Waals surface area (Å²) in [5, 5.41) is 10.7. The van der Waals surface area contributed by atoms with Gasteiger partial charge >= 0.3 is 0 Å². The van der Waals surface area contributed by atoms with E-state index < -0.39 is 4.92 Å². The molecule has 22 heavy (non-hydrogen) atoms. The van der Waals surface area contributed by atoms with E-state index in [9.17, 15) is 14.9 Å². The van der Waals surface area contributed by atoms with Crippen molar-refractivity contribution in [3.63, 3.8) is 0 Å². The van der Waals surface area contributed by atoms with Gasteiger partial charge in [-0.1, -0.05) is 25.1 Å². The number of nitro benzene ring substituents is 1. The van der Waals surface area contributed by atoms with Crippen molar-refractivity contribution in [3.05, 3.63) is 69.8 Å². The standard InChI is InChI=1S/C17H16N2O3/c1-12-10-11-18(16-5-3-2-4-15(12)16)17(20)13-6-8-14(9-7-13)19(21)22/h2-9,12H,10-11H2,1H3. The Bertz CT molecular complexity index is 725. The van der Waals surface area contributed by atoms with Gasteiger partial charge in [0.2, 0.25) is 0 Å². The third kappa shape index (κ3) is 2.45. The van der Waals surface area contributed by atoms with Gasteiger partial charge in [-0.25, -0.2) is 0 Å². The number of benzene rings is 2. The van der Waals surface area contributed by atoms with Crippen LogP contribution in [0.2, 0.25) is 0 Å². The van der Waals surface area contributed by atoms with Crippen LogP contribution in [0.3, 0.4) is 0 Å². The van der Waals surface area contributed by atoms with Crippen molar-refractivity contribution in [2.45, 2.75) is 19.3 Å². The third-order valence-electron chi connectivity index (χ3n) is 4.11. The van der Waals surface area contributed by atoms with Gasteiger partial charge in [-0.2, -0.15) is 0 Å². The van der Waals surface area contributed by atoms with E-state index in [0.29, 0.717) is 18.0 Å². The second-order valence-corrected chi connectivity index (χ2v) is 5.51. The Hall–Kier alpha value is -2.69. The lowest BCUT2D eigenvalue weighted by Gasteiger charge is -2.33. The number of para-hydroxylation sites is 1. The first-order valence-corrected chi connectivity index (χ1v) is 7.23. The Balaban J connectivity index is 1.93. The fourth-order valence-electron chi connectivity index (χ4n) is 2.84. The van der Waals surface area contributed by atoms with Gasteiger partial charge < -0.3 is 4.90 Å². The largest absolute Gasteiger partial charge is 0.308 e. The molecular formula is C17H16N2O3. The molecule has 1 heterocycles. The fourth-order valence-corrected chi connectivity index (χ4v) is 2.84. The van der Waals surface area contributed by atoms with Crippen molar-refractivity contribution < 1.29 is 9.72 Å². The van der Waals surface area contributed by atoms with Crippen LogP contribution in [0.25, 0.3) is 0 Å². The van der Waals surface area contributed by atoms with Gasteiger partial charge in [-0.15, -0.1) is 0 Å². The number of rotatable bonds is 2. The molecule has 2 aromatic carbocycles. The summed E-state index contributed by atoms with van der Waals surface area (Å²) in [6.07, 6.45) is 0.912. The molecule has 0 saturated heterocycles. The predicted molar refractivity (Wildman–Crippen MR) is 84.2 cm³/mol. The van der Waals surface area contributed by atoms with Crippen LogP contribution in [0.4, 0.5) is 11.4 Å². The Labute approximate surface area is 128 Å². The van der Waals surface area contributed by atoms with Crippen LogP contribution in [0.1, 0.15) is 35.2 Å². The van der Waals surface area contributed by atoms with E-state index in [1.807, 2.05) is 18.2 Å². The van der Waals surface area contributed by atoms with E-state index in [1.165, 1.54) is 29.8 Å². The van der Waals surface area contributed by atoms with Crippen molar-refractivity contribution in [2.24, 2.45) is 0 Å². The van der Waals surface area contributed by atoms with Crippen molar-refractivity contribution in [2.75, 3.05) is 11.4 Å². The summed E-state index contributed by atoms with van der Waals surface area (Å²) >= 11 is 0. The van der Waals surface area contributed by atoms with Crippen LogP contribution in [-0.4, -0.2) is 17.4 Å². The van der Waals surface area contributed by atoms with Gasteiger partial charge in [0.15, 0.2) is 0 Å². The van der Waals surface area contributed by atoms with Gasteiger partial charge in [0.1, 0.15) is 0 Å². The van der Waals surface area contributed by atoms with Crippen LogP contribution in [0, 0.1) is 10.1 Å². The lowest BCUT2D eigenvalue weighted by Crippen LogP contribution is -2.36. The fraction of sp³-hybridized carbons (Fsp3) is 0.235. The summed E-state index contributed by atoms with van der Waals surface area (Å²) in [6.45, 7) is 2.82. The SMILES string of the molecule is CC1CCN(C(=O)c2ccc([N+](=O)[O-])cc2)c2ccccc21. The highest BCUT2D eigenvalue weighted by Crippen LogP contribution is 2.35. The van der Waals surface area contributed by atoms with Crippen LogP contribution in [-0.2, 0) is 0 Å².